The molecule has 4 bridgehead atoms. The van der Waals surface area contributed by atoms with Crippen LogP contribution in [0.3, 0.4) is 0 Å². The minimum Gasteiger partial charge on any atom is -0.321 e. The van der Waals surface area contributed by atoms with Crippen molar-refractivity contribution in [3.05, 3.63) is 91.9 Å². The summed E-state index contributed by atoms with van der Waals surface area (Å²) < 4.78 is 2.42. The summed E-state index contributed by atoms with van der Waals surface area (Å²) >= 11 is 8.24. The van der Waals surface area contributed by atoms with E-state index in [9.17, 15) is 0 Å². The maximum atomic E-state index is 4.12. The first-order valence-electron chi connectivity index (χ1n) is 16.3. The van der Waals surface area contributed by atoms with Gasteiger partial charge in [0.05, 0.1) is 22.7 Å². The molecule has 2 saturated carbocycles. The number of hydrogen-bond donors (Lipinski definition) is 0. The van der Waals surface area contributed by atoms with Crippen molar-refractivity contribution in [2.75, 3.05) is 16.5 Å². The monoisotopic (exact) mass is 694 g/mol. The molecule has 0 unspecified atom stereocenters. The first-order chi connectivity index (χ1) is 20.5. The van der Waals surface area contributed by atoms with E-state index in [0.29, 0.717) is 10.8 Å². The maximum Gasteiger partial charge on any atom is 0.100 e. The van der Waals surface area contributed by atoms with Crippen LogP contribution in [-0.4, -0.2) is 6.67 Å². The molecule has 43 heavy (non-hydrogen) atoms. The molecule has 0 atom stereocenters. The molecule has 0 aromatic heterocycles. The minimum absolute atomic E-state index is 0.272. The minimum atomic E-state index is 0.272. The highest BCUT2D eigenvalue weighted by molar-refractivity contribution is 9.11. The third-order valence-corrected chi connectivity index (χ3v) is 14.3. The molecule has 11 rings (SSSR count). The summed E-state index contributed by atoms with van der Waals surface area (Å²) in [6.07, 6.45) is 10.4. The van der Waals surface area contributed by atoms with Crippen molar-refractivity contribution >= 4 is 65.4 Å². The predicted molar refractivity (Wildman–Crippen MR) is 188 cm³/mol. The maximum absolute atomic E-state index is 4.12. The van der Waals surface area contributed by atoms with E-state index in [4.69, 9.17) is 0 Å². The van der Waals surface area contributed by atoms with Crippen LogP contribution in [0, 0.1) is 0 Å². The molecule has 0 radical (unpaired) electrons. The van der Waals surface area contributed by atoms with E-state index in [1.807, 2.05) is 0 Å². The fraction of sp³-hybridized carbons (Fsp3) is 0.436. The molecule has 0 N–H and O–H groups in total. The number of benzene rings is 4. The van der Waals surface area contributed by atoms with Crippen LogP contribution in [0.1, 0.15) is 101 Å². The molecule has 0 amide bonds. The Morgan fingerprint density at radius 1 is 0.488 bits per heavy atom. The van der Waals surface area contributed by atoms with E-state index in [0.717, 1.165) is 6.67 Å². The lowest BCUT2D eigenvalue weighted by atomic mass is 9.52. The summed E-state index contributed by atoms with van der Waals surface area (Å²) in [5.41, 5.74) is 12.6. The van der Waals surface area contributed by atoms with E-state index in [2.05, 4.69) is 130 Å². The van der Waals surface area contributed by atoms with Crippen LogP contribution in [0.5, 0.6) is 0 Å². The van der Waals surface area contributed by atoms with E-state index in [1.165, 1.54) is 93.8 Å². The average molecular weight is 697 g/mol. The Labute approximate surface area is 273 Å². The summed E-state index contributed by atoms with van der Waals surface area (Å²) in [6, 6.07) is 23.7. The van der Waals surface area contributed by atoms with Gasteiger partial charge in [0.2, 0.25) is 0 Å². The molecule has 0 spiro atoms. The van der Waals surface area contributed by atoms with Crippen molar-refractivity contribution in [3.8, 4) is 0 Å². The third kappa shape index (κ3) is 3.57. The third-order valence-electron chi connectivity index (χ3n) is 13.0. The van der Waals surface area contributed by atoms with Gasteiger partial charge in [0, 0.05) is 14.3 Å². The van der Waals surface area contributed by atoms with Gasteiger partial charge in [-0.25, -0.2) is 0 Å². The Kier molecular flexibility index (Phi) is 5.47. The SMILES string of the molecule is CC12CCC(C)(CC1)c1cc(N3CN(c4cc5c(cc4Br)C4(C)CCC5(C)CC4)c4cccc5cccc3c45)c(Br)cc12. The highest BCUT2D eigenvalue weighted by Crippen LogP contribution is 2.60. The van der Waals surface area contributed by atoms with Gasteiger partial charge in [0.15, 0.2) is 0 Å². The molecular formula is C39H40Br2N2. The lowest BCUT2D eigenvalue weighted by Crippen LogP contribution is -2.45. The van der Waals surface area contributed by atoms with Crippen molar-refractivity contribution in [2.24, 2.45) is 0 Å². The second-order valence-corrected chi connectivity index (χ2v) is 17.3. The second-order valence-electron chi connectivity index (χ2n) is 15.6. The molecule has 2 nitrogen and oxygen atoms in total. The zero-order valence-electron chi connectivity index (χ0n) is 25.8. The summed E-state index contributed by atoms with van der Waals surface area (Å²) in [5.74, 6) is 0. The van der Waals surface area contributed by atoms with Gasteiger partial charge in [0.1, 0.15) is 6.67 Å². The Morgan fingerprint density at radius 2 is 0.837 bits per heavy atom. The topological polar surface area (TPSA) is 6.48 Å². The molecule has 7 aliphatic rings. The first kappa shape index (κ1) is 27.0. The molecule has 1 aliphatic heterocycles. The fourth-order valence-electron chi connectivity index (χ4n) is 9.78. The number of hydrogen-bond acceptors (Lipinski definition) is 2. The van der Waals surface area contributed by atoms with Crippen LogP contribution < -0.4 is 9.80 Å². The van der Waals surface area contributed by atoms with Crippen LogP contribution in [-0.2, 0) is 21.7 Å². The first-order valence-corrected chi connectivity index (χ1v) is 17.9. The summed E-state index contributed by atoms with van der Waals surface area (Å²) in [6.45, 7) is 10.8. The van der Waals surface area contributed by atoms with E-state index in [1.54, 1.807) is 22.3 Å². The van der Waals surface area contributed by atoms with Crippen molar-refractivity contribution in [3.63, 3.8) is 0 Å². The molecule has 220 valence electrons. The number of halogens is 2. The largest absolute Gasteiger partial charge is 0.321 e. The van der Waals surface area contributed by atoms with Gasteiger partial charge >= 0.3 is 0 Å². The second kappa shape index (κ2) is 8.69. The lowest BCUT2D eigenvalue weighted by molar-refractivity contribution is 0.187. The Bertz CT molecular complexity index is 1730. The number of nitrogens with zero attached hydrogens (tertiary/aromatic N) is 2. The van der Waals surface area contributed by atoms with Crippen LogP contribution >= 0.6 is 31.9 Å². The predicted octanol–water partition coefficient (Wildman–Crippen LogP) is 11.8. The molecule has 2 fully saturated rings. The van der Waals surface area contributed by atoms with Gasteiger partial charge in [-0.3, -0.25) is 0 Å². The van der Waals surface area contributed by atoms with Crippen LogP contribution in [0.15, 0.2) is 69.6 Å². The van der Waals surface area contributed by atoms with E-state index < -0.39 is 0 Å². The van der Waals surface area contributed by atoms with Crippen LogP contribution in [0.25, 0.3) is 10.8 Å². The molecule has 4 heteroatoms. The molecule has 1 heterocycles. The van der Waals surface area contributed by atoms with Gasteiger partial charge in [-0.05, 0) is 169 Å². The van der Waals surface area contributed by atoms with Crippen molar-refractivity contribution in [2.45, 2.75) is 101 Å². The van der Waals surface area contributed by atoms with Crippen LogP contribution in [0.2, 0.25) is 0 Å². The molecule has 6 aliphatic carbocycles. The van der Waals surface area contributed by atoms with Gasteiger partial charge < -0.3 is 9.80 Å². The summed E-state index contributed by atoms with van der Waals surface area (Å²) in [4.78, 5) is 5.16. The number of fused-ring (bicyclic) bond motifs is 4. The number of anilines is 4. The molecular weight excluding hydrogens is 656 g/mol. The standard InChI is InChI=1S/C39H40Br2N2/c1-36-11-15-38(3,16-12-36)27-21-33(29(40)19-25(27)36)42-23-43(32-10-6-8-24-7-5-9-31(42)35(24)32)34-22-28-26(20-30(34)41)37(2)13-17-39(28,4)18-14-37/h5-10,19-22H,11-18,23H2,1-4H3. The Morgan fingerprint density at radius 3 is 1.21 bits per heavy atom. The summed E-state index contributed by atoms with van der Waals surface area (Å²) in [5, 5.41) is 2.63. The smallest absolute Gasteiger partial charge is 0.100 e. The lowest BCUT2D eigenvalue weighted by Gasteiger charge is -2.53. The zero-order valence-corrected chi connectivity index (χ0v) is 29.0. The average Bonchev–Trinajstić information content (AvgIpc) is 3.00. The van der Waals surface area contributed by atoms with Crippen molar-refractivity contribution < 1.29 is 0 Å². The van der Waals surface area contributed by atoms with E-state index in [-0.39, 0.29) is 10.8 Å². The van der Waals surface area contributed by atoms with Gasteiger partial charge in [-0.15, -0.1) is 0 Å². The highest BCUT2D eigenvalue weighted by atomic mass is 79.9. The van der Waals surface area contributed by atoms with Gasteiger partial charge in [0.25, 0.3) is 0 Å². The van der Waals surface area contributed by atoms with Gasteiger partial charge in [-0.1, -0.05) is 52.0 Å². The Balaban J connectivity index is 1.26. The van der Waals surface area contributed by atoms with Crippen molar-refractivity contribution in [1.29, 1.82) is 0 Å². The summed E-state index contributed by atoms with van der Waals surface area (Å²) in [7, 11) is 0. The molecule has 4 aromatic rings. The zero-order chi connectivity index (χ0) is 29.5. The highest BCUT2D eigenvalue weighted by Gasteiger charge is 2.49. The van der Waals surface area contributed by atoms with Crippen LogP contribution in [0.4, 0.5) is 22.7 Å². The quantitative estimate of drug-likeness (QED) is 0.206. The normalized spacial score (nSPS) is 31.9. The van der Waals surface area contributed by atoms with Crippen molar-refractivity contribution in [1.82, 2.24) is 0 Å². The fourth-order valence-corrected chi connectivity index (χ4v) is 10.9. The van der Waals surface area contributed by atoms with Gasteiger partial charge in [-0.2, -0.15) is 0 Å². The molecule has 4 aromatic carbocycles. The number of rotatable bonds is 2. The Hall–Kier alpha value is -2.30. The molecule has 0 saturated heterocycles. The van der Waals surface area contributed by atoms with E-state index >= 15 is 0 Å².